The molecule has 2 rings (SSSR count). The topological polar surface area (TPSA) is 12.0 Å². The van der Waals surface area contributed by atoms with Crippen LogP contribution in [0, 0.1) is 5.92 Å². The van der Waals surface area contributed by atoms with Crippen molar-refractivity contribution in [1.29, 1.82) is 0 Å². The highest BCUT2D eigenvalue weighted by Crippen LogP contribution is 2.35. The van der Waals surface area contributed by atoms with E-state index in [0.29, 0.717) is 0 Å². The molecule has 2 aliphatic rings. The van der Waals surface area contributed by atoms with Crippen LogP contribution in [0.3, 0.4) is 0 Å². The number of rotatable bonds is 2. The lowest BCUT2D eigenvalue weighted by molar-refractivity contribution is 0.392. The van der Waals surface area contributed by atoms with Crippen LogP contribution >= 0.6 is 11.8 Å². The summed E-state index contributed by atoms with van der Waals surface area (Å²) in [6.07, 6.45) is 8.73. The molecule has 2 heteroatoms. The Morgan fingerprint density at radius 1 is 1.07 bits per heavy atom. The van der Waals surface area contributed by atoms with Crippen molar-refractivity contribution >= 4 is 11.8 Å². The van der Waals surface area contributed by atoms with Gasteiger partial charge in [0, 0.05) is 17.0 Å². The number of hydrogen-bond acceptors (Lipinski definition) is 2. The minimum Gasteiger partial charge on any atom is -0.316 e. The molecule has 3 atom stereocenters. The Hall–Kier alpha value is 0.310. The van der Waals surface area contributed by atoms with E-state index in [-0.39, 0.29) is 0 Å². The zero-order valence-electron chi connectivity index (χ0n) is 9.30. The molecule has 14 heavy (non-hydrogen) atoms. The summed E-state index contributed by atoms with van der Waals surface area (Å²) in [5, 5.41) is 5.41. The Balaban J connectivity index is 1.72. The maximum absolute atomic E-state index is 3.51. The first-order chi connectivity index (χ1) is 6.84. The van der Waals surface area contributed by atoms with Crippen LogP contribution in [-0.4, -0.2) is 23.6 Å². The normalized spacial score (nSPS) is 39.6. The van der Waals surface area contributed by atoms with Crippen LogP contribution in [0.4, 0.5) is 0 Å². The Morgan fingerprint density at radius 2 is 1.93 bits per heavy atom. The van der Waals surface area contributed by atoms with Crippen LogP contribution < -0.4 is 5.32 Å². The molecule has 2 fully saturated rings. The Bertz CT molecular complexity index is 166. The van der Waals surface area contributed by atoms with Crippen molar-refractivity contribution in [3.8, 4) is 0 Å². The van der Waals surface area contributed by atoms with E-state index in [4.69, 9.17) is 0 Å². The van der Waals surface area contributed by atoms with Crippen LogP contribution in [0.15, 0.2) is 0 Å². The van der Waals surface area contributed by atoms with Crippen LogP contribution in [0.1, 0.15) is 45.4 Å². The van der Waals surface area contributed by atoms with Gasteiger partial charge in [0.05, 0.1) is 0 Å². The number of hydrogen-bond donors (Lipinski definition) is 1. The zero-order chi connectivity index (χ0) is 9.80. The second-order valence-corrected chi connectivity index (χ2v) is 6.60. The Kier molecular flexibility index (Phi) is 4.18. The van der Waals surface area contributed by atoms with E-state index < -0.39 is 0 Å². The van der Waals surface area contributed by atoms with Gasteiger partial charge in [0.15, 0.2) is 0 Å². The maximum Gasteiger partial charge on any atom is 0.0175 e. The van der Waals surface area contributed by atoms with Gasteiger partial charge in [-0.05, 0) is 38.1 Å². The lowest BCUT2D eigenvalue weighted by atomic mass is 9.91. The summed E-state index contributed by atoms with van der Waals surface area (Å²) in [5.41, 5.74) is 0. The van der Waals surface area contributed by atoms with Crippen molar-refractivity contribution in [1.82, 2.24) is 5.32 Å². The summed E-state index contributed by atoms with van der Waals surface area (Å²) in [4.78, 5) is 0. The summed E-state index contributed by atoms with van der Waals surface area (Å²) in [5.74, 6) is 0.984. The molecule has 1 N–H and O–H groups in total. The van der Waals surface area contributed by atoms with E-state index in [0.717, 1.165) is 16.4 Å². The van der Waals surface area contributed by atoms with E-state index in [2.05, 4.69) is 24.0 Å². The number of thioether (sulfide) groups is 1. The van der Waals surface area contributed by atoms with E-state index >= 15 is 0 Å². The molecule has 0 radical (unpaired) electrons. The van der Waals surface area contributed by atoms with E-state index in [9.17, 15) is 0 Å². The standard InChI is InChI=1S/C12H23NS/c1-10-4-2-5-11(8-10)14-12-6-3-7-13-9-12/h10-13H,2-9H2,1H3. The quantitative estimate of drug-likeness (QED) is 0.756. The third-order valence-electron chi connectivity index (χ3n) is 3.52. The van der Waals surface area contributed by atoms with Gasteiger partial charge < -0.3 is 5.32 Å². The molecule has 1 aliphatic heterocycles. The predicted octanol–water partition coefficient (Wildman–Crippen LogP) is 3.05. The average molecular weight is 213 g/mol. The fourth-order valence-electron chi connectivity index (χ4n) is 2.71. The van der Waals surface area contributed by atoms with Gasteiger partial charge in [-0.1, -0.05) is 19.8 Å². The molecular weight excluding hydrogens is 190 g/mol. The van der Waals surface area contributed by atoms with Crippen LogP contribution in [-0.2, 0) is 0 Å². The minimum absolute atomic E-state index is 0.916. The summed E-state index contributed by atoms with van der Waals surface area (Å²) >= 11 is 2.28. The van der Waals surface area contributed by atoms with Crippen LogP contribution in [0.5, 0.6) is 0 Å². The fourth-order valence-corrected chi connectivity index (χ4v) is 4.51. The molecular formula is C12H23NS. The van der Waals surface area contributed by atoms with Crippen molar-refractivity contribution in [3.05, 3.63) is 0 Å². The summed E-state index contributed by atoms with van der Waals surface area (Å²) in [6.45, 7) is 4.93. The second-order valence-electron chi connectivity index (χ2n) is 5.00. The van der Waals surface area contributed by atoms with Crippen LogP contribution in [0.25, 0.3) is 0 Å². The predicted molar refractivity (Wildman–Crippen MR) is 64.9 cm³/mol. The third-order valence-corrected chi connectivity index (χ3v) is 5.13. The minimum atomic E-state index is 0.916. The molecule has 3 unspecified atom stereocenters. The fraction of sp³-hybridized carbons (Fsp3) is 1.00. The molecule has 0 aromatic rings. The van der Waals surface area contributed by atoms with E-state index in [1.54, 1.807) is 0 Å². The lowest BCUT2D eigenvalue weighted by Gasteiger charge is -2.31. The van der Waals surface area contributed by atoms with Gasteiger partial charge >= 0.3 is 0 Å². The largest absolute Gasteiger partial charge is 0.316 e. The molecule has 1 saturated heterocycles. The van der Waals surface area contributed by atoms with Crippen molar-refractivity contribution < 1.29 is 0 Å². The summed E-state index contributed by atoms with van der Waals surface area (Å²) in [6, 6.07) is 0. The SMILES string of the molecule is CC1CCCC(SC2CCCNC2)C1. The average Bonchev–Trinajstić information content (AvgIpc) is 2.19. The van der Waals surface area contributed by atoms with Gasteiger partial charge in [-0.25, -0.2) is 0 Å². The first kappa shape index (κ1) is 10.8. The van der Waals surface area contributed by atoms with Gasteiger partial charge in [-0.3, -0.25) is 0 Å². The lowest BCUT2D eigenvalue weighted by Crippen LogP contribution is -2.33. The highest BCUT2D eigenvalue weighted by atomic mass is 32.2. The highest BCUT2D eigenvalue weighted by Gasteiger charge is 2.23. The smallest absolute Gasteiger partial charge is 0.0175 e. The van der Waals surface area contributed by atoms with Gasteiger partial charge in [0.25, 0.3) is 0 Å². The van der Waals surface area contributed by atoms with Crippen molar-refractivity contribution in [2.75, 3.05) is 13.1 Å². The molecule has 1 aliphatic carbocycles. The number of piperidine rings is 1. The first-order valence-corrected chi connectivity index (χ1v) is 7.15. The molecule has 0 amide bonds. The third kappa shape index (κ3) is 3.16. The molecule has 1 heterocycles. The van der Waals surface area contributed by atoms with Crippen molar-refractivity contribution in [3.63, 3.8) is 0 Å². The summed E-state index contributed by atoms with van der Waals surface area (Å²) in [7, 11) is 0. The molecule has 0 aromatic heterocycles. The Labute approximate surface area is 92.4 Å². The van der Waals surface area contributed by atoms with Gasteiger partial charge in [-0.2, -0.15) is 11.8 Å². The molecule has 82 valence electrons. The molecule has 0 spiro atoms. The molecule has 0 aromatic carbocycles. The van der Waals surface area contributed by atoms with Crippen LogP contribution in [0.2, 0.25) is 0 Å². The Morgan fingerprint density at radius 3 is 2.64 bits per heavy atom. The maximum atomic E-state index is 3.51. The summed E-state index contributed by atoms with van der Waals surface area (Å²) < 4.78 is 0. The molecule has 0 bridgehead atoms. The van der Waals surface area contributed by atoms with E-state index in [1.165, 1.54) is 51.6 Å². The van der Waals surface area contributed by atoms with Crippen molar-refractivity contribution in [2.45, 2.75) is 55.9 Å². The monoisotopic (exact) mass is 213 g/mol. The molecule has 1 nitrogen and oxygen atoms in total. The molecule has 1 saturated carbocycles. The highest BCUT2D eigenvalue weighted by molar-refractivity contribution is 8.00. The van der Waals surface area contributed by atoms with Gasteiger partial charge in [0.2, 0.25) is 0 Å². The number of nitrogens with one attached hydrogen (secondary N) is 1. The van der Waals surface area contributed by atoms with Gasteiger partial charge in [-0.15, -0.1) is 0 Å². The van der Waals surface area contributed by atoms with Gasteiger partial charge in [0.1, 0.15) is 0 Å². The zero-order valence-corrected chi connectivity index (χ0v) is 10.1. The van der Waals surface area contributed by atoms with E-state index in [1.807, 2.05) is 0 Å². The first-order valence-electron chi connectivity index (χ1n) is 6.21. The van der Waals surface area contributed by atoms with Crippen molar-refractivity contribution in [2.24, 2.45) is 5.92 Å². The second kappa shape index (κ2) is 5.41.